The van der Waals surface area contributed by atoms with E-state index in [2.05, 4.69) is 10.1 Å². The molecule has 4 heteroatoms. The molecule has 96 valence electrons. The van der Waals surface area contributed by atoms with Crippen LogP contribution in [0.5, 0.6) is 0 Å². The first-order valence-corrected chi connectivity index (χ1v) is 5.99. The Hall–Kier alpha value is -2.49. The van der Waals surface area contributed by atoms with Crippen molar-refractivity contribution in [2.24, 2.45) is 4.99 Å². The van der Waals surface area contributed by atoms with Gasteiger partial charge in [-0.25, -0.2) is 9.67 Å². The number of benzene rings is 1. The molecule has 0 saturated carbocycles. The van der Waals surface area contributed by atoms with Crippen LogP contribution in [0.2, 0.25) is 0 Å². The number of amides is 1. The van der Waals surface area contributed by atoms with Gasteiger partial charge in [-0.3, -0.25) is 4.79 Å². The molecule has 0 bridgehead atoms. The predicted molar refractivity (Wildman–Crippen MR) is 73.6 cm³/mol. The molecule has 0 atom stereocenters. The van der Waals surface area contributed by atoms with Crippen molar-refractivity contribution >= 4 is 5.91 Å². The molecule has 1 amide bonds. The fourth-order valence-electron chi connectivity index (χ4n) is 1.56. The van der Waals surface area contributed by atoms with Gasteiger partial charge in [-0.15, -0.1) is 0 Å². The van der Waals surface area contributed by atoms with E-state index >= 15 is 0 Å². The van der Waals surface area contributed by atoms with Crippen LogP contribution in [-0.2, 0) is 4.79 Å². The summed E-state index contributed by atoms with van der Waals surface area (Å²) < 4.78 is 1.73. The van der Waals surface area contributed by atoms with Crippen LogP contribution in [0.3, 0.4) is 0 Å². The Kier molecular flexibility index (Phi) is 4.03. The summed E-state index contributed by atoms with van der Waals surface area (Å²) in [6.45, 7) is 3.72. The van der Waals surface area contributed by atoms with Gasteiger partial charge in [-0.05, 0) is 32.0 Å². The van der Waals surface area contributed by atoms with Crippen molar-refractivity contribution in [1.82, 2.24) is 9.78 Å². The molecule has 1 aromatic heterocycles. The van der Waals surface area contributed by atoms with Crippen molar-refractivity contribution in [1.29, 1.82) is 0 Å². The van der Waals surface area contributed by atoms with Gasteiger partial charge >= 0.3 is 0 Å². The molecule has 1 heterocycles. The number of hydrogen-bond acceptors (Lipinski definition) is 2. The second-order valence-corrected chi connectivity index (χ2v) is 4.34. The van der Waals surface area contributed by atoms with Gasteiger partial charge in [0.1, 0.15) is 0 Å². The first-order chi connectivity index (χ1) is 9.15. The SMILES string of the molecule is CC(C)=CC(=O)/N=c1/ccn(-c2ccccc2)nc1. The molecular formula is C15H15N3O. The van der Waals surface area contributed by atoms with Crippen molar-refractivity contribution in [3.8, 4) is 5.69 Å². The minimum absolute atomic E-state index is 0.265. The van der Waals surface area contributed by atoms with Crippen molar-refractivity contribution in [3.05, 3.63) is 65.8 Å². The Bertz CT molecular complexity index is 645. The monoisotopic (exact) mass is 253 g/mol. The Balaban J connectivity index is 2.27. The van der Waals surface area contributed by atoms with E-state index in [0.717, 1.165) is 11.3 Å². The zero-order valence-electron chi connectivity index (χ0n) is 10.9. The molecular weight excluding hydrogens is 238 g/mol. The summed E-state index contributed by atoms with van der Waals surface area (Å²) in [6, 6.07) is 11.5. The van der Waals surface area contributed by atoms with Crippen LogP contribution in [0.15, 0.2) is 65.4 Å². The summed E-state index contributed by atoms with van der Waals surface area (Å²) in [6.07, 6.45) is 4.85. The molecule has 0 aliphatic rings. The normalized spacial score (nSPS) is 11.2. The quantitative estimate of drug-likeness (QED) is 0.771. The van der Waals surface area contributed by atoms with E-state index in [1.54, 1.807) is 23.1 Å². The number of carbonyl (C=O) groups is 1. The van der Waals surface area contributed by atoms with Gasteiger partial charge in [0.15, 0.2) is 0 Å². The van der Waals surface area contributed by atoms with Gasteiger partial charge < -0.3 is 0 Å². The summed E-state index contributed by atoms with van der Waals surface area (Å²) >= 11 is 0. The van der Waals surface area contributed by atoms with Crippen molar-refractivity contribution in [2.45, 2.75) is 13.8 Å². The van der Waals surface area contributed by atoms with Gasteiger partial charge in [-0.1, -0.05) is 23.8 Å². The molecule has 0 spiro atoms. The standard InChI is InChI=1S/C15H15N3O/c1-12(2)10-15(19)17-13-8-9-18(16-11-13)14-6-4-3-5-7-14/h3-11H,1-2H3/b17-13-. The molecule has 0 saturated heterocycles. The minimum Gasteiger partial charge on any atom is -0.267 e. The molecule has 0 aliphatic carbocycles. The minimum atomic E-state index is -0.265. The Morgan fingerprint density at radius 2 is 1.95 bits per heavy atom. The lowest BCUT2D eigenvalue weighted by molar-refractivity contribution is -0.113. The molecule has 0 aliphatic heterocycles. The predicted octanol–water partition coefficient (Wildman–Crippen LogP) is 2.27. The molecule has 2 aromatic rings. The molecule has 0 N–H and O–H groups in total. The third-order valence-electron chi connectivity index (χ3n) is 2.37. The topological polar surface area (TPSA) is 47.2 Å². The van der Waals surface area contributed by atoms with Crippen LogP contribution in [0, 0.1) is 0 Å². The maximum atomic E-state index is 11.5. The third-order valence-corrected chi connectivity index (χ3v) is 2.37. The summed E-state index contributed by atoms with van der Waals surface area (Å²) in [5, 5.41) is 4.78. The number of allylic oxidation sites excluding steroid dienone is 1. The van der Waals surface area contributed by atoms with Gasteiger partial charge in [0.2, 0.25) is 0 Å². The van der Waals surface area contributed by atoms with E-state index in [4.69, 9.17) is 0 Å². The molecule has 1 aromatic carbocycles. The molecule has 4 nitrogen and oxygen atoms in total. The Labute approximate surface area is 111 Å². The highest BCUT2D eigenvalue weighted by atomic mass is 16.1. The molecule has 0 unspecified atom stereocenters. The first kappa shape index (κ1) is 13.0. The average Bonchev–Trinajstić information content (AvgIpc) is 2.39. The lowest BCUT2D eigenvalue weighted by Gasteiger charge is -2.03. The second kappa shape index (κ2) is 5.91. The fourth-order valence-corrected chi connectivity index (χ4v) is 1.56. The van der Waals surface area contributed by atoms with Crippen LogP contribution in [0.25, 0.3) is 5.69 Å². The molecule has 2 rings (SSSR count). The van der Waals surface area contributed by atoms with Crippen LogP contribution in [0.4, 0.5) is 0 Å². The Morgan fingerprint density at radius 1 is 1.21 bits per heavy atom. The number of rotatable bonds is 2. The Morgan fingerprint density at radius 3 is 2.53 bits per heavy atom. The van der Waals surface area contributed by atoms with Crippen molar-refractivity contribution in [3.63, 3.8) is 0 Å². The number of para-hydroxylation sites is 1. The number of nitrogens with zero attached hydrogens (tertiary/aromatic N) is 3. The van der Waals surface area contributed by atoms with Crippen LogP contribution >= 0.6 is 0 Å². The first-order valence-electron chi connectivity index (χ1n) is 5.99. The second-order valence-electron chi connectivity index (χ2n) is 4.34. The van der Waals surface area contributed by atoms with Crippen molar-refractivity contribution < 1.29 is 4.79 Å². The maximum absolute atomic E-state index is 11.5. The van der Waals surface area contributed by atoms with E-state index < -0.39 is 0 Å². The highest BCUT2D eigenvalue weighted by Gasteiger charge is 1.95. The summed E-state index contributed by atoms with van der Waals surface area (Å²) in [5.41, 5.74) is 1.89. The van der Waals surface area contributed by atoms with Crippen LogP contribution in [-0.4, -0.2) is 15.7 Å². The summed E-state index contributed by atoms with van der Waals surface area (Å²) in [5.74, 6) is -0.265. The molecule has 0 radical (unpaired) electrons. The van der Waals surface area contributed by atoms with Crippen molar-refractivity contribution in [2.75, 3.05) is 0 Å². The van der Waals surface area contributed by atoms with Crippen LogP contribution in [0.1, 0.15) is 13.8 Å². The van der Waals surface area contributed by atoms with E-state index in [0.29, 0.717) is 5.36 Å². The van der Waals surface area contributed by atoms with Gasteiger partial charge in [0.05, 0.1) is 17.2 Å². The highest BCUT2D eigenvalue weighted by molar-refractivity contribution is 5.88. The maximum Gasteiger partial charge on any atom is 0.270 e. The lowest BCUT2D eigenvalue weighted by atomic mass is 10.3. The van der Waals surface area contributed by atoms with Gasteiger partial charge in [-0.2, -0.15) is 5.10 Å². The lowest BCUT2D eigenvalue weighted by Crippen LogP contribution is -2.10. The zero-order valence-corrected chi connectivity index (χ0v) is 10.9. The molecule has 0 fully saturated rings. The highest BCUT2D eigenvalue weighted by Crippen LogP contribution is 2.02. The summed E-state index contributed by atoms with van der Waals surface area (Å²) in [7, 11) is 0. The smallest absolute Gasteiger partial charge is 0.267 e. The number of carbonyl (C=O) groups excluding carboxylic acids is 1. The van der Waals surface area contributed by atoms with E-state index in [9.17, 15) is 4.79 Å². The fraction of sp³-hybridized carbons (Fsp3) is 0.133. The van der Waals surface area contributed by atoms with Gasteiger partial charge in [0, 0.05) is 12.3 Å². The number of aromatic nitrogens is 2. The molecule has 19 heavy (non-hydrogen) atoms. The largest absolute Gasteiger partial charge is 0.270 e. The van der Waals surface area contributed by atoms with Crippen LogP contribution < -0.4 is 5.36 Å². The van der Waals surface area contributed by atoms with Gasteiger partial charge in [0.25, 0.3) is 5.91 Å². The average molecular weight is 253 g/mol. The van der Waals surface area contributed by atoms with E-state index in [1.807, 2.05) is 44.2 Å². The zero-order chi connectivity index (χ0) is 13.7. The van der Waals surface area contributed by atoms with E-state index in [-0.39, 0.29) is 5.91 Å². The third kappa shape index (κ3) is 3.74. The van der Waals surface area contributed by atoms with E-state index in [1.165, 1.54) is 6.08 Å². The number of hydrogen-bond donors (Lipinski definition) is 0. The summed E-state index contributed by atoms with van der Waals surface area (Å²) in [4.78, 5) is 15.4.